The predicted octanol–water partition coefficient (Wildman–Crippen LogP) is 1.94. The van der Waals surface area contributed by atoms with Crippen LogP contribution in [0, 0.1) is 3.57 Å². The van der Waals surface area contributed by atoms with E-state index in [2.05, 4.69) is 22.6 Å². The Morgan fingerprint density at radius 1 is 1.42 bits per heavy atom. The quantitative estimate of drug-likeness (QED) is 0.738. The second-order valence-electron chi connectivity index (χ2n) is 4.63. The number of benzene rings is 1. The standard InChI is InChI=1S/C13H16INO3S/c1-2-15(10-7-8-19(17,18)9-10)13(16)11-5-3-4-6-12(11)14/h3-6,10H,2,7-9H2,1H3. The zero-order valence-corrected chi connectivity index (χ0v) is 13.6. The van der Waals surface area contributed by atoms with E-state index in [1.807, 2.05) is 25.1 Å². The van der Waals surface area contributed by atoms with Crippen molar-refractivity contribution in [3.8, 4) is 0 Å². The summed E-state index contributed by atoms with van der Waals surface area (Å²) in [6, 6.07) is 7.20. The summed E-state index contributed by atoms with van der Waals surface area (Å²) in [7, 11) is -2.97. The topological polar surface area (TPSA) is 54.5 Å². The van der Waals surface area contributed by atoms with Gasteiger partial charge in [0.15, 0.2) is 9.84 Å². The van der Waals surface area contributed by atoms with Crippen molar-refractivity contribution in [1.82, 2.24) is 4.90 Å². The Morgan fingerprint density at radius 3 is 2.63 bits per heavy atom. The molecule has 1 aliphatic heterocycles. The van der Waals surface area contributed by atoms with E-state index in [4.69, 9.17) is 0 Å². The molecule has 1 aromatic carbocycles. The van der Waals surface area contributed by atoms with Gasteiger partial charge in [0.1, 0.15) is 0 Å². The lowest BCUT2D eigenvalue weighted by molar-refractivity contribution is 0.0707. The average Bonchev–Trinajstić information content (AvgIpc) is 2.71. The maximum absolute atomic E-state index is 12.5. The highest BCUT2D eigenvalue weighted by Gasteiger charge is 2.34. The molecule has 2 rings (SSSR count). The average molecular weight is 393 g/mol. The lowest BCUT2D eigenvalue weighted by Gasteiger charge is -2.27. The van der Waals surface area contributed by atoms with Crippen LogP contribution in [0.25, 0.3) is 0 Å². The Bertz CT molecular complexity index is 585. The lowest BCUT2D eigenvalue weighted by atomic mass is 10.1. The Morgan fingerprint density at radius 2 is 2.11 bits per heavy atom. The van der Waals surface area contributed by atoms with Crippen molar-refractivity contribution in [2.45, 2.75) is 19.4 Å². The van der Waals surface area contributed by atoms with Crippen LogP contribution >= 0.6 is 22.6 Å². The van der Waals surface area contributed by atoms with Gasteiger partial charge in [-0.15, -0.1) is 0 Å². The molecule has 104 valence electrons. The van der Waals surface area contributed by atoms with Gasteiger partial charge in [-0.2, -0.15) is 0 Å². The van der Waals surface area contributed by atoms with Crippen molar-refractivity contribution in [2.75, 3.05) is 18.1 Å². The minimum Gasteiger partial charge on any atom is -0.335 e. The first-order chi connectivity index (χ1) is 8.94. The third-order valence-electron chi connectivity index (χ3n) is 3.35. The first-order valence-corrected chi connectivity index (χ1v) is 9.10. The number of rotatable bonds is 3. The van der Waals surface area contributed by atoms with Gasteiger partial charge in [0, 0.05) is 16.2 Å². The van der Waals surface area contributed by atoms with Crippen LogP contribution in [0.5, 0.6) is 0 Å². The zero-order valence-electron chi connectivity index (χ0n) is 10.7. The van der Waals surface area contributed by atoms with Gasteiger partial charge >= 0.3 is 0 Å². The fourth-order valence-corrected chi connectivity index (χ4v) is 4.73. The van der Waals surface area contributed by atoms with E-state index in [1.165, 1.54) is 0 Å². The molecule has 4 nitrogen and oxygen atoms in total. The monoisotopic (exact) mass is 393 g/mol. The third-order valence-corrected chi connectivity index (χ3v) is 6.05. The Hall–Kier alpha value is -0.630. The van der Waals surface area contributed by atoms with Gasteiger partial charge in [0.2, 0.25) is 0 Å². The molecule has 1 unspecified atom stereocenters. The predicted molar refractivity (Wildman–Crippen MR) is 82.9 cm³/mol. The van der Waals surface area contributed by atoms with Gasteiger partial charge in [-0.05, 0) is 48.1 Å². The minimum atomic E-state index is -2.97. The molecule has 1 aromatic rings. The van der Waals surface area contributed by atoms with Crippen molar-refractivity contribution < 1.29 is 13.2 Å². The second kappa shape index (κ2) is 5.78. The van der Waals surface area contributed by atoms with Crippen molar-refractivity contribution >= 4 is 38.3 Å². The molecule has 0 aromatic heterocycles. The fraction of sp³-hybridized carbons (Fsp3) is 0.462. The van der Waals surface area contributed by atoms with E-state index in [-0.39, 0.29) is 23.5 Å². The second-order valence-corrected chi connectivity index (χ2v) is 8.02. The van der Waals surface area contributed by atoms with Crippen LogP contribution in [0.1, 0.15) is 23.7 Å². The van der Waals surface area contributed by atoms with Gasteiger partial charge in [0.05, 0.1) is 17.1 Å². The maximum Gasteiger partial charge on any atom is 0.255 e. The minimum absolute atomic E-state index is 0.0744. The van der Waals surface area contributed by atoms with Crippen molar-refractivity contribution in [3.63, 3.8) is 0 Å². The van der Waals surface area contributed by atoms with Crippen LogP contribution in [-0.4, -0.2) is 43.3 Å². The molecule has 0 radical (unpaired) electrons. The molecule has 1 amide bonds. The number of sulfone groups is 1. The fourth-order valence-electron chi connectivity index (χ4n) is 2.38. The number of hydrogen-bond acceptors (Lipinski definition) is 3. The lowest BCUT2D eigenvalue weighted by Crippen LogP contribution is -2.41. The summed E-state index contributed by atoms with van der Waals surface area (Å²) in [5.41, 5.74) is 0.647. The molecule has 19 heavy (non-hydrogen) atoms. The number of amides is 1. The molecular weight excluding hydrogens is 377 g/mol. The smallest absolute Gasteiger partial charge is 0.255 e. The molecule has 6 heteroatoms. The number of carbonyl (C=O) groups excluding carboxylic acids is 1. The summed E-state index contributed by atoms with van der Waals surface area (Å²) >= 11 is 2.13. The van der Waals surface area contributed by atoms with Crippen LogP contribution in [0.3, 0.4) is 0 Å². The summed E-state index contributed by atoms with van der Waals surface area (Å²) in [4.78, 5) is 14.2. The van der Waals surface area contributed by atoms with Gasteiger partial charge in [-0.3, -0.25) is 4.79 Å². The summed E-state index contributed by atoms with van der Waals surface area (Å²) in [5, 5.41) is 0. The molecule has 0 saturated carbocycles. The van der Waals surface area contributed by atoms with Crippen molar-refractivity contribution in [1.29, 1.82) is 0 Å². The highest BCUT2D eigenvalue weighted by atomic mass is 127. The maximum atomic E-state index is 12.5. The number of halogens is 1. The number of nitrogens with zero attached hydrogens (tertiary/aromatic N) is 1. The normalized spacial score (nSPS) is 21.3. The third kappa shape index (κ3) is 3.28. The van der Waals surface area contributed by atoms with Crippen LogP contribution in [0.2, 0.25) is 0 Å². The summed E-state index contributed by atoms with van der Waals surface area (Å²) in [5.74, 6) is 0.207. The molecule has 0 N–H and O–H groups in total. The van der Waals surface area contributed by atoms with E-state index in [0.717, 1.165) is 3.57 Å². The van der Waals surface area contributed by atoms with E-state index < -0.39 is 9.84 Å². The SMILES string of the molecule is CCN(C(=O)c1ccccc1I)C1CCS(=O)(=O)C1. The summed E-state index contributed by atoms with van der Waals surface area (Å²) in [6.45, 7) is 2.42. The molecular formula is C13H16INO3S. The Kier molecular flexibility index (Phi) is 4.50. The van der Waals surface area contributed by atoms with E-state index in [1.54, 1.807) is 11.0 Å². The molecule has 1 aliphatic rings. The zero-order chi connectivity index (χ0) is 14.0. The first-order valence-electron chi connectivity index (χ1n) is 6.20. The van der Waals surface area contributed by atoms with Crippen molar-refractivity contribution in [2.24, 2.45) is 0 Å². The van der Waals surface area contributed by atoms with Crippen LogP contribution in [0.15, 0.2) is 24.3 Å². The first kappa shape index (κ1) is 14.8. The highest BCUT2D eigenvalue weighted by Crippen LogP contribution is 2.21. The molecule has 0 spiro atoms. The Balaban J connectivity index is 2.24. The molecule has 0 bridgehead atoms. The molecule has 0 aliphatic carbocycles. The molecule has 1 saturated heterocycles. The summed E-state index contributed by atoms with van der Waals surface area (Å²) in [6.07, 6.45) is 0.547. The summed E-state index contributed by atoms with van der Waals surface area (Å²) < 4.78 is 24.0. The van der Waals surface area contributed by atoms with Crippen LogP contribution in [-0.2, 0) is 9.84 Å². The van der Waals surface area contributed by atoms with Crippen LogP contribution in [0.4, 0.5) is 0 Å². The molecule has 1 atom stereocenters. The van der Waals surface area contributed by atoms with Crippen molar-refractivity contribution in [3.05, 3.63) is 33.4 Å². The number of carbonyl (C=O) groups is 1. The highest BCUT2D eigenvalue weighted by molar-refractivity contribution is 14.1. The van der Waals surface area contributed by atoms with Gasteiger partial charge < -0.3 is 4.90 Å². The van der Waals surface area contributed by atoms with E-state index >= 15 is 0 Å². The Labute approximate surface area is 127 Å². The molecule has 1 heterocycles. The largest absolute Gasteiger partial charge is 0.335 e. The van der Waals surface area contributed by atoms with Gasteiger partial charge in [-0.1, -0.05) is 12.1 Å². The molecule has 1 fully saturated rings. The van der Waals surface area contributed by atoms with E-state index in [0.29, 0.717) is 18.5 Å². The van der Waals surface area contributed by atoms with Crippen LogP contribution < -0.4 is 0 Å². The van der Waals surface area contributed by atoms with Gasteiger partial charge in [0.25, 0.3) is 5.91 Å². The number of hydrogen-bond donors (Lipinski definition) is 0. The van der Waals surface area contributed by atoms with Gasteiger partial charge in [-0.25, -0.2) is 8.42 Å². The van der Waals surface area contributed by atoms with E-state index in [9.17, 15) is 13.2 Å².